The van der Waals surface area contributed by atoms with Crippen LogP contribution < -0.4 is 14.4 Å². The molecule has 0 atom stereocenters. The van der Waals surface area contributed by atoms with Crippen LogP contribution >= 0.6 is 0 Å². The second kappa shape index (κ2) is 6.93. The summed E-state index contributed by atoms with van der Waals surface area (Å²) in [5.74, 6) is 2.27. The van der Waals surface area contributed by atoms with Crippen molar-refractivity contribution in [2.45, 2.75) is 44.7 Å². The van der Waals surface area contributed by atoms with Gasteiger partial charge < -0.3 is 14.4 Å². The highest BCUT2D eigenvalue weighted by Gasteiger charge is 2.25. The van der Waals surface area contributed by atoms with Gasteiger partial charge in [0.05, 0.1) is 0 Å². The van der Waals surface area contributed by atoms with Gasteiger partial charge >= 0.3 is 0 Å². The topological polar surface area (TPSA) is 84.2 Å². The fourth-order valence-electron chi connectivity index (χ4n) is 3.47. The molecule has 2 aliphatic rings. The molecule has 1 fully saturated rings. The Balaban J connectivity index is 1.63. The molecule has 7 nitrogen and oxygen atoms in total. The molecule has 25 heavy (non-hydrogen) atoms. The van der Waals surface area contributed by atoms with E-state index in [1.165, 1.54) is 25.6 Å². The van der Waals surface area contributed by atoms with Gasteiger partial charge in [-0.1, -0.05) is 25.3 Å². The third kappa shape index (κ3) is 3.33. The van der Waals surface area contributed by atoms with Crippen molar-refractivity contribution in [3.63, 3.8) is 0 Å². The Labute approximate surface area is 146 Å². The van der Waals surface area contributed by atoms with E-state index >= 15 is 0 Å². The first-order chi connectivity index (χ1) is 12.3. The minimum absolute atomic E-state index is 0.150. The zero-order chi connectivity index (χ0) is 17.1. The smallest absolute Gasteiger partial charge is 0.236 e. The molecule has 1 aromatic carbocycles. The molecule has 0 spiro atoms. The van der Waals surface area contributed by atoms with Crippen molar-refractivity contribution in [1.82, 2.24) is 15.0 Å². The van der Waals surface area contributed by atoms with Gasteiger partial charge in [0.25, 0.3) is 0 Å². The lowest BCUT2D eigenvalue weighted by atomic mass is 9.94. The van der Waals surface area contributed by atoms with E-state index in [9.17, 15) is 0 Å². The minimum atomic E-state index is 0.150. The molecule has 2 aromatic rings. The molecule has 0 amide bonds. The number of rotatable bonds is 4. The summed E-state index contributed by atoms with van der Waals surface area (Å²) in [5, 5.41) is 9.10. The molecule has 0 unspecified atom stereocenters. The van der Waals surface area contributed by atoms with Gasteiger partial charge in [-0.15, -0.1) is 0 Å². The van der Waals surface area contributed by atoms with Gasteiger partial charge in [-0.2, -0.15) is 10.2 Å². The summed E-state index contributed by atoms with van der Waals surface area (Å²) in [6.07, 6.45) is 7.32. The van der Waals surface area contributed by atoms with Crippen molar-refractivity contribution in [2.75, 3.05) is 11.7 Å². The highest BCUT2D eigenvalue weighted by Crippen LogP contribution is 2.34. The maximum atomic E-state index is 9.10. The van der Waals surface area contributed by atoms with Gasteiger partial charge in [0.1, 0.15) is 12.4 Å². The van der Waals surface area contributed by atoms with Crippen molar-refractivity contribution >= 4 is 5.95 Å². The van der Waals surface area contributed by atoms with Crippen LogP contribution in [0.1, 0.15) is 43.5 Å². The third-order valence-electron chi connectivity index (χ3n) is 4.72. The maximum Gasteiger partial charge on any atom is 0.236 e. The van der Waals surface area contributed by atoms with E-state index in [0.29, 0.717) is 18.5 Å². The van der Waals surface area contributed by atoms with Crippen LogP contribution in [0.5, 0.6) is 11.5 Å². The van der Waals surface area contributed by atoms with Gasteiger partial charge in [-0.3, -0.25) is 0 Å². The van der Waals surface area contributed by atoms with Crippen LogP contribution in [0.4, 0.5) is 5.95 Å². The van der Waals surface area contributed by atoms with Gasteiger partial charge in [0, 0.05) is 12.6 Å². The SMILES string of the molecule is N#Cc1ncnc(N(Cc2ccc3c(c2)OCO3)C2CCCCC2)n1. The highest BCUT2D eigenvalue weighted by atomic mass is 16.7. The highest BCUT2D eigenvalue weighted by molar-refractivity contribution is 5.46. The lowest BCUT2D eigenvalue weighted by Gasteiger charge is -2.34. The quantitative estimate of drug-likeness (QED) is 0.848. The van der Waals surface area contributed by atoms with Crippen LogP contribution in [0.3, 0.4) is 0 Å². The van der Waals surface area contributed by atoms with Crippen molar-refractivity contribution in [3.8, 4) is 17.6 Å². The molecular formula is C18H19N5O2. The first-order valence-corrected chi connectivity index (χ1v) is 8.58. The van der Waals surface area contributed by atoms with E-state index in [2.05, 4.69) is 19.9 Å². The van der Waals surface area contributed by atoms with Crippen molar-refractivity contribution < 1.29 is 9.47 Å². The number of nitriles is 1. The lowest BCUT2D eigenvalue weighted by Crippen LogP contribution is -2.37. The maximum absolute atomic E-state index is 9.10. The zero-order valence-corrected chi connectivity index (χ0v) is 13.9. The van der Waals surface area contributed by atoms with Gasteiger partial charge in [0.15, 0.2) is 11.5 Å². The molecule has 0 N–H and O–H groups in total. The molecule has 7 heteroatoms. The molecule has 4 rings (SSSR count). The molecule has 0 radical (unpaired) electrons. The van der Waals surface area contributed by atoms with E-state index in [-0.39, 0.29) is 12.6 Å². The number of ether oxygens (including phenoxy) is 2. The number of nitrogens with zero attached hydrogens (tertiary/aromatic N) is 5. The average Bonchev–Trinajstić information content (AvgIpc) is 3.14. The first kappa shape index (κ1) is 15.6. The fraction of sp³-hybridized carbons (Fsp3) is 0.444. The predicted octanol–water partition coefficient (Wildman–Crippen LogP) is 2.81. The molecule has 0 saturated heterocycles. The van der Waals surface area contributed by atoms with Gasteiger partial charge in [-0.25, -0.2) is 9.97 Å². The molecular weight excluding hydrogens is 318 g/mol. The third-order valence-corrected chi connectivity index (χ3v) is 4.72. The van der Waals surface area contributed by atoms with Crippen LogP contribution in [-0.4, -0.2) is 27.8 Å². The van der Waals surface area contributed by atoms with Crippen molar-refractivity contribution in [3.05, 3.63) is 35.9 Å². The number of benzene rings is 1. The average molecular weight is 337 g/mol. The van der Waals surface area contributed by atoms with Crippen molar-refractivity contribution in [1.29, 1.82) is 5.26 Å². The molecule has 1 aromatic heterocycles. The second-order valence-electron chi connectivity index (χ2n) is 6.33. The van der Waals surface area contributed by atoms with E-state index < -0.39 is 0 Å². The number of anilines is 1. The van der Waals surface area contributed by atoms with Gasteiger partial charge in [0.2, 0.25) is 18.6 Å². The summed E-state index contributed by atoms with van der Waals surface area (Å²) in [6, 6.07) is 8.34. The van der Waals surface area contributed by atoms with E-state index in [1.807, 2.05) is 24.3 Å². The normalized spacial score (nSPS) is 16.4. The summed E-state index contributed by atoms with van der Waals surface area (Å²) >= 11 is 0. The Hall–Kier alpha value is -2.88. The predicted molar refractivity (Wildman–Crippen MR) is 90.2 cm³/mol. The number of hydrogen-bond donors (Lipinski definition) is 0. The minimum Gasteiger partial charge on any atom is -0.454 e. The van der Waals surface area contributed by atoms with E-state index in [1.54, 1.807) is 0 Å². The van der Waals surface area contributed by atoms with Crippen LogP contribution in [0.15, 0.2) is 24.5 Å². The van der Waals surface area contributed by atoms with Gasteiger partial charge in [-0.05, 0) is 30.5 Å². The van der Waals surface area contributed by atoms with Crippen LogP contribution in [0, 0.1) is 11.3 Å². The first-order valence-electron chi connectivity index (χ1n) is 8.58. The largest absolute Gasteiger partial charge is 0.454 e. The monoisotopic (exact) mass is 337 g/mol. The second-order valence-corrected chi connectivity index (χ2v) is 6.33. The van der Waals surface area contributed by atoms with Crippen molar-refractivity contribution in [2.24, 2.45) is 0 Å². The van der Waals surface area contributed by atoms with Crippen LogP contribution in [-0.2, 0) is 6.54 Å². The lowest BCUT2D eigenvalue weighted by molar-refractivity contribution is 0.174. The Kier molecular flexibility index (Phi) is 4.34. The summed E-state index contributed by atoms with van der Waals surface area (Å²) in [4.78, 5) is 14.7. The Morgan fingerprint density at radius 1 is 1.12 bits per heavy atom. The molecule has 128 valence electrons. The van der Waals surface area contributed by atoms with E-state index in [4.69, 9.17) is 14.7 Å². The molecule has 1 saturated carbocycles. The Morgan fingerprint density at radius 2 is 1.96 bits per heavy atom. The van der Waals surface area contributed by atoms with Crippen LogP contribution in [0.2, 0.25) is 0 Å². The zero-order valence-electron chi connectivity index (χ0n) is 13.9. The fourth-order valence-corrected chi connectivity index (χ4v) is 3.47. The Bertz CT molecular complexity index is 798. The summed E-state index contributed by atoms with van der Waals surface area (Å²) in [6.45, 7) is 0.931. The standard InChI is InChI=1S/C18H19N5O2/c19-9-17-20-11-21-18(22-17)23(14-4-2-1-3-5-14)10-13-6-7-15-16(8-13)25-12-24-15/h6-8,11,14H,1-5,10,12H2. The van der Waals surface area contributed by atoms with E-state index in [0.717, 1.165) is 29.9 Å². The molecule has 1 aliphatic carbocycles. The molecule has 2 heterocycles. The number of hydrogen-bond acceptors (Lipinski definition) is 7. The van der Waals surface area contributed by atoms with Crippen LogP contribution in [0.25, 0.3) is 0 Å². The molecule has 1 aliphatic heterocycles. The Morgan fingerprint density at radius 3 is 2.80 bits per heavy atom. The number of aromatic nitrogens is 3. The summed E-state index contributed by atoms with van der Waals surface area (Å²) in [5.41, 5.74) is 1.11. The summed E-state index contributed by atoms with van der Waals surface area (Å²) in [7, 11) is 0. The number of fused-ring (bicyclic) bond motifs is 1. The summed E-state index contributed by atoms with van der Waals surface area (Å²) < 4.78 is 10.9. The molecule has 0 bridgehead atoms.